The monoisotopic (exact) mass is 409 g/mol. The van der Waals surface area contributed by atoms with Crippen molar-refractivity contribution in [3.8, 4) is 0 Å². The van der Waals surface area contributed by atoms with E-state index >= 15 is 0 Å². The van der Waals surface area contributed by atoms with Crippen molar-refractivity contribution >= 4 is 22.8 Å². The van der Waals surface area contributed by atoms with Gasteiger partial charge >= 0.3 is 148 Å². The number of rotatable bonds is 6. The fraction of sp³-hybridized carbons (Fsp3) is 1.00. The van der Waals surface area contributed by atoms with Gasteiger partial charge in [0.1, 0.15) is 7.60 Å². The van der Waals surface area contributed by atoms with Crippen molar-refractivity contribution in [3.63, 3.8) is 0 Å². The second kappa shape index (κ2) is 17.5. The van der Waals surface area contributed by atoms with Crippen molar-refractivity contribution in [3.05, 3.63) is 0 Å². The predicted octanol–water partition coefficient (Wildman–Crippen LogP) is -19.4. The van der Waals surface area contributed by atoms with Crippen LogP contribution in [-0.2, 0) is 13.7 Å². The predicted molar refractivity (Wildman–Crippen MR) is 41.5 cm³/mol. The second-order valence-electron chi connectivity index (χ2n) is 2.95. The van der Waals surface area contributed by atoms with E-state index in [0.29, 0.717) is 0 Å². The molecule has 0 saturated heterocycles. The van der Waals surface area contributed by atoms with E-state index in [1.807, 2.05) is 0 Å². The standard InChI is InChI=1S/C3H12NO9P3.5Na/c5-14(6,7)1-4(2-15(8,9)10)3-16(11,12)13;;;;;/h1-3H2,(H2,5,6,7)(H2,8,9,10)(H2,11,12,13);;;;;/q;5*+1/p-5. The Morgan fingerprint density at radius 2 is 0.905 bits per heavy atom. The molecular formula is C3H7NNa5O9P3. The summed E-state index contributed by atoms with van der Waals surface area (Å²) in [6, 6.07) is 0. The summed E-state index contributed by atoms with van der Waals surface area (Å²) >= 11 is 0. The van der Waals surface area contributed by atoms with Crippen LogP contribution in [0.25, 0.3) is 0 Å². The molecule has 0 fully saturated rings. The van der Waals surface area contributed by atoms with Crippen LogP contribution < -0.4 is 172 Å². The summed E-state index contributed by atoms with van der Waals surface area (Å²) in [4.78, 5) is 59.9. The molecule has 1 atom stereocenters. The Bertz CT molecular complexity index is 322. The molecular weight excluding hydrogens is 402 g/mol. The molecule has 0 aromatic heterocycles. The molecule has 0 aliphatic rings. The molecule has 10 nitrogen and oxygen atoms in total. The van der Waals surface area contributed by atoms with Crippen molar-refractivity contribution in [1.29, 1.82) is 0 Å². The largest absolute Gasteiger partial charge is 1.00 e. The minimum absolute atomic E-state index is 0. The van der Waals surface area contributed by atoms with E-state index in [1.54, 1.807) is 0 Å². The van der Waals surface area contributed by atoms with Crippen LogP contribution in [0.4, 0.5) is 0 Å². The Balaban J connectivity index is -0.000000112. The molecule has 0 spiro atoms. The first-order valence-electron chi connectivity index (χ1n) is 3.56. The zero-order valence-electron chi connectivity index (χ0n) is 12.6. The Morgan fingerprint density at radius 3 is 1.05 bits per heavy atom. The molecule has 0 radical (unpaired) electrons. The van der Waals surface area contributed by atoms with E-state index in [4.69, 9.17) is 4.89 Å². The second-order valence-corrected chi connectivity index (χ2v) is 7.52. The van der Waals surface area contributed by atoms with Gasteiger partial charge < -0.3 is 43.1 Å². The molecule has 1 N–H and O–H groups in total. The van der Waals surface area contributed by atoms with Gasteiger partial charge in [-0.3, -0.25) is 4.90 Å². The molecule has 0 aliphatic carbocycles. The first-order chi connectivity index (χ1) is 6.79. The van der Waals surface area contributed by atoms with E-state index in [2.05, 4.69) is 0 Å². The van der Waals surface area contributed by atoms with Crippen LogP contribution in [0.2, 0.25) is 0 Å². The van der Waals surface area contributed by atoms with Crippen LogP contribution in [0.1, 0.15) is 0 Å². The van der Waals surface area contributed by atoms with Crippen LogP contribution in [0.5, 0.6) is 0 Å². The van der Waals surface area contributed by atoms with E-state index in [-0.39, 0.29) is 153 Å². The molecule has 98 valence electrons. The van der Waals surface area contributed by atoms with Gasteiger partial charge in [0.2, 0.25) is 0 Å². The molecule has 0 rings (SSSR count). The summed E-state index contributed by atoms with van der Waals surface area (Å²) < 4.78 is 30.9. The number of nitrogens with zero attached hydrogens (tertiary/aromatic N) is 1. The van der Waals surface area contributed by atoms with Crippen LogP contribution in [0.15, 0.2) is 0 Å². The van der Waals surface area contributed by atoms with Gasteiger partial charge in [-0.15, -0.1) is 0 Å². The minimum atomic E-state index is -5.24. The molecule has 0 heterocycles. The summed E-state index contributed by atoms with van der Waals surface area (Å²) in [5.74, 6) is 0. The fourth-order valence-corrected chi connectivity index (χ4v) is 3.44. The van der Waals surface area contributed by atoms with E-state index in [9.17, 15) is 38.2 Å². The zero-order valence-corrected chi connectivity index (χ0v) is 25.3. The van der Waals surface area contributed by atoms with Crippen LogP contribution >= 0.6 is 22.8 Å². The summed E-state index contributed by atoms with van der Waals surface area (Å²) in [5.41, 5.74) is 0. The number of hydrogen-bond donors (Lipinski definition) is 1. The maximum absolute atomic E-state index is 10.4. The van der Waals surface area contributed by atoms with Crippen LogP contribution in [0.3, 0.4) is 0 Å². The summed E-state index contributed by atoms with van der Waals surface area (Å²) in [5, 5.41) is 0. The van der Waals surface area contributed by atoms with Gasteiger partial charge in [-0.25, -0.2) is 0 Å². The molecule has 0 aromatic carbocycles. The quantitative estimate of drug-likeness (QED) is 0.326. The first kappa shape index (κ1) is 40.9. The maximum atomic E-state index is 10.4. The minimum Gasteiger partial charge on any atom is -0.810 e. The average molecular weight is 409 g/mol. The van der Waals surface area contributed by atoms with Gasteiger partial charge in [0.05, 0.1) is 6.29 Å². The van der Waals surface area contributed by atoms with E-state index in [1.165, 1.54) is 0 Å². The smallest absolute Gasteiger partial charge is 0.810 e. The van der Waals surface area contributed by atoms with Crippen molar-refractivity contribution in [1.82, 2.24) is 4.90 Å². The van der Waals surface area contributed by atoms with Gasteiger partial charge in [-0.2, -0.15) is 0 Å². The molecule has 0 aromatic rings. The Morgan fingerprint density at radius 1 is 0.667 bits per heavy atom. The third kappa shape index (κ3) is 33.4. The Kier molecular flexibility index (Phi) is 34.1. The van der Waals surface area contributed by atoms with Crippen molar-refractivity contribution in [2.75, 3.05) is 18.9 Å². The number of hydrogen-bond acceptors (Lipinski definition) is 9. The molecule has 0 bridgehead atoms. The molecule has 0 saturated carbocycles. The molecule has 0 aliphatic heterocycles. The van der Waals surface area contributed by atoms with Gasteiger partial charge in [0.25, 0.3) is 0 Å². The van der Waals surface area contributed by atoms with E-state index < -0.39 is 41.6 Å². The zero-order chi connectivity index (χ0) is 13.2. The van der Waals surface area contributed by atoms with Gasteiger partial charge in [-0.1, -0.05) is 15.2 Å². The Hall–Kier alpha value is 5.41. The summed E-state index contributed by atoms with van der Waals surface area (Å²) in [7, 11) is -15.5. The van der Waals surface area contributed by atoms with Crippen LogP contribution in [0, 0.1) is 0 Å². The van der Waals surface area contributed by atoms with Gasteiger partial charge in [0.15, 0.2) is 0 Å². The van der Waals surface area contributed by atoms with Crippen molar-refractivity contribution in [2.45, 2.75) is 0 Å². The normalized spacial score (nSPS) is 13.3. The molecule has 21 heavy (non-hydrogen) atoms. The molecule has 1 unspecified atom stereocenters. The van der Waals surface area contributed by atoms with Crippen molar-refractivity contribution < 1.29 is 191 Å². The van der Waals surface area contributed by atoms with Gasteiger partial charge in [-0.05, 0) is 0 Å². The maximum Gasteiger partial charge on any atom is 1.00 e. The molecule has 18 heteroatoms. The Labute approximate surface area is 232 Å². The summed E-state index contributed by atoms with van der Waals surface area (Å²) in [6.07, 6.45) is -4.36. The summed E-state index contributed by atoms with van der Waals surface area (Å²) in [6.45, 7) is 0. The SMILES string of the molecule is O=P([O-])([O-])CN(CP(=O)([O-])[O-])CP(=O)([O-])O.[Na+].[Na+].[Na+].[Na+].[Na+]. The topological polar surface area (TPSA) is 190 Å². The van der Waals surface area contributed by atoms with Crippen molar-refractivity contribution in [2.24, 2.45) is 0 Å². The van der Waals surface area contributed by atoms with E-state index in [0.717, 1.165) is 0 Å². The van der Waals surface area contributed by atoms with Crippen LogP contribution in [-0.4, -0.2) is 28.7 Å². The third-order valence-corrected chi connectivity index (χ3v) is 3.38. The molecule has 0 amide bonds. The average Bonchev–Trinajstić information content (AvgIpc) is 1.70. The fourth-order valence-electron chi connectivity index (χ4n) is 0.877. The third-order valence-electron chi connectivity index (χ3n) is 1.13. The van der Waals surface area contributed by atoms with Gasteiger partial charge in [0, 0.05) is 12.6 Å². The first-order valence-corrected chi connectivity index (χ1v) is 8.78.